The Hall–Kier alpha value is -1.10. The maximum atomic E-state index is 12.3. The lowest BCUT2D eigenvalue weighted by atomic mass is 9.80. The number of nitrogens with zero attached hydrogens (tertiary/aromatic N) is 1. The fourth-order valence-electron chi connectivity index (χ4n) is 3.12. The molecule has 0 aromatic heterocycles. The summed E-state index contributed by atoms with van der Waals surface area (Å²) < 4.78 is 0. The molecule has 2 unspecified atom stereocenters. The van der Waals surface area contributed by atoms with E-state index in [0.29, 0.717) is 13.0 Å². The minimum absolute atomic E-state index is 0.115. The van der Waals surface area contributed by atoms with Crippen molar-refractivity contribution in [3.05, 3.63) is 0 Å². The van der Waals surface area contributed by atoms with E-state index in [1.807, 2.05) is 0 Å². The average molecular weight is 255 g/mol. The van der Waals surface area contributed by atoms with Crippen LogP contribution in [0.3, 0.4) is 0 Å². The van der Waals surface area contributed by atoms with Crippen LogP contribution in [0.25, 0.3) is 0 Å². The first kappa shape index (κ1) is 13.3. The maximum absolute atomic E-state index is 12.3. The summed E-state index contributed by atoms with van der Waals surface area (Å²) in [6, 6.07) is 0.115. The van der Waals surface area contributed by atoms with Crippen LogP contribution in [0.2, 0.25) is 0 Å². The number of carboxylic acid groups (broad SMARTS) is 1. The zero-order chi connectivity index (χ0) is 13.3. The highest BCUT2D eigenvalue weighted by atomic mass is 16.4. The Morgan fingerprint density at radius 2 is 1.89 bits per heavy atom. The second-order valence-electron chi connectivity index (χ2n) is 5.55. The molecule has 2 rings (SSSR count). The zero-order valence-corrected chi connectivity index (χ0v) is 10.8. The number of aliphatic hydroxyl groups is 1. The third kappa shape index (κ3) is 2.00. The van der Waals surface area contributed by atoms with Crippen molar-refractivity contribution in [3.8, 4) is 0 Å². The van der Waals surface area contributed by atoms with Gasteiger partial charge in [0.05, 0.1) is 0 Å². The molecule has 1 heterocycles. The lowest BCUT2D eigenvalue weighted by Crippen LogP contribution is -2.64. The topological polar surface area (TPSA) is 77.8 Å². The first-order valence-corrected chi connectivity index (χ1v) is 6.74. The van der Waals surface area contributed by atoms with Crippen LogP contribution in [0.15, 0.2) is 0 Å². The van der Waals surface area contributed by atoms with Crippen LogP contribution in [0.4, 0.5) is 0 Å². The molecule has 0 aromatic rings. The van der Waals surface area contributed by atoms with Crippen molar-refractivity contribution in [2.75, 3.05) is 6.54 Å². The van der Waals surface area contributed by atoms with Crippen molar-refractivity contribution in [1.29, 1.82) is 0 Å². The summed E-state index contributed by atoms with van der Waals surface area (Å²) in [5, 5.41) is 19.4. The van der Waals surface area contributed by atoms with Crippen LogP contribution >= 0.6 is 0 Å². The number of hydrogen-bond donors (Lipinski definition) is 2. The van der Waals surface area contributed by atoms with Crippen LogP contribution in [-0.2, 0) is 9.59 Å². The van der Waals surface area contributed by atoms with Gasteiger partial charge in [-0.05, 0) is 19.3 Å². The molecule has 0 radical (unpaired) electrons. The molecule has 1 aliphatic carbocycles. The first-order chi connectivity index (χ1) is 8.48. The lowest BCUT2D eigenvalue weighted by Gasteiger charge is -2.44. The maximum Gasteiger partial charge on any atom is 0.345 e. The normalized spacial score (nSPS) is 34.7. The highest BCUT2D eigenvalue weighted by molar-refractivity contribution is 6.06. The first-order valence-electron chi connectivity index (χ1n) is 6.74. The second kappa shape index (κ2) is 4.88. The lowest BCUT2D eigenvalue weighted by molar-refractivity contribution is -0.185. The van der Waals surface area contributed by atoms with Crippen molar-refractivity contribution < 1.29 is 19.8 Å². The summed E-state index contributed by atoms with van der Waals surface area (Å²) in [6.07, 6.45) is 5.74. The number of piperidine rings is 1. The van der Waals surface area contributed by atoms with Crippen molar-refractivity contribution in [2.24, 2.45) is 5.92 Å². The van der Waals surface area contributed by atoms with E-state index in [-0.39, 0.29) is 6.04 Å². The number of carbonyl (C=O) groups excluding carboxylic acids is 1. The molecule has 2 fully saturated rings. The van der Waals surface area contributed by atoms with Gasteiger partial charge >= 0.3 is 5.97 Å². The molecule has 1 saturated carbocycles. The van der Waals surface area contributed by atoms with Crippen LogP contribution < -0.4 is 0 Å². The summed E-state index contributed by atoms with van der Waals surface area (Å²) in [7, 11) is 0. The van der Waals surface area contributed by atoms with Crippen LogP contribution in [-0.4, -0.2) is 45.2 Å². The minimum atomic E-state index is -2.23. The molecule has 2 N–H and O–H groups in total. The number of amides is 1. The van der Waals surface area contributed by atoms with Gasteiger partial charge in [0, 0.05) is 18.5 Å². The predicted molar refractivity (Wildman–Crippen MR) is 65.0 cm³/mol. The molecule has 1 amide bonds. The Morgan fingerprint density at radius 1 is 1.28 bits per heavy atom. The Kier molecular flexibility index (Phi) is 3.61. The third-order valence-corrected chi connectivity index (χ3v) is 4.44. The van der Waals surface area contributed by atoms with Crippen molar-refractivity contribution in [2.45, 2.75) is 57.1 Å². The van der Waals surface area contributed by atoms with E-state index in [1.165, 1.54) is 6.42 Å². The number of carboxylic acids is 1. The summed E-state index contributed by atoms with van der Waals surface area (Å²) in [5.74, 6) is -2.55. The summed E-state index contributed by atoms with van der Waals surface area (Å²) in [5.41, 5.74) is -2.23. The Bertz CT molecular complexity index is 351. The number of carbonyl (C=O) groups is 2. The Morgan fingerprint density at radius 3 is 2.44 bits per heavy atom. The molecule has 5 nitrogen and oxygen atoms in total. The van der Waals surface area contributed by atoms with Gasteiger partial charge in [-0.3, -0.25) is 4.79 Å². The molecule has 18 heavy (non-hydrogen) atoms. The SMILES string of the molecule is CC1CCN(C2CCCCC2)C(=O)C1(O)C(=O)O. The molecule has 2 aliphatic rings. The third-order valence-electron chi connectivity index (χ3n) is 4.44. The molecule has 0 aromatic carbocycles. The van der Waals surface area contributed by atoms with E-state index in [4.69, 9.17) is 5.11 Å². The van der Waals surface area contributed by atoms with Crippen molar-refractivity contribution in [1.82, 2.24) is 4.90 Å². The second-order valence-corrected chi connectivity index (χ2v) is 5.55. The Balaban J connectivity index is 2.19. The summed E-state index contributed by atoms with van der Waals surface area (Å²) in [4.78, 5) is 25.1. The quantitative estimate of drug-likeness (QED) is 0.722. The van der Waals surface area contributed by atoms with E-state index in [9.17, 15) is 14.7 Å². The molecule has 1 aliphatic heterocycles. The van der Waals surface area contributed by atoms with Gasteiger partial charge in [-0.15, -0.1) is 0 Å². The molecule has 1 saturated heterocycles. The van der Waals surface area contributed by atoms with Gasteiger partial charge in [-0.25, -0.2) is 4.79 Å². The van der Waals surface area contributed by atoms with E-state index in [0.717, 1.165) is 25.7 Å². The minimum Gasteiger partial charge on any atom is -0.479 e. The van der Waals surface area contributed by atoms with Gasteiger partial charge in [0.1, 0.15) is 0 Å². The van der Waals surface area contributed by atoms with Crippen molar-refractivity contribution >= 4 is 11.9 Å². The van der Waals surface area contributed by atoms with Crippen LogP contribution in [0.5, 0.6) is 0 Å². The fourth-order valence-corrected chi connectivity index (χ4v) is 3.12. The highest BCUT2D eigenvalue weighted by Gasteiger charge is 2.54. The monoisotopic (exact) mass is 255 g/mol. The van der Waals surface area contributed by atoms with E-state index >= 15 is 0 Å². The number of hydrogen-bond acceptors (Lipinski definition) is 3. The van der Waals surface area contributed by atoms with Gasteiger partial charge in [0.2, 0.25) is 5.60 Å². The van der Waals surface area contributed by atoms with E-state index < -0.39 is 23.4 Å². The van der Waals surface area contributed by atoms with Gasteiger partial charge in [-0.2, -0.15) is 0 Å². The standard InChI is InChI=1S/C13H21NO4/c1-9-7-8-14(10-5-3-2-4-6-10)11(15)13(9,18)12(16)17/h9-10,18H,2-8H2,1H3,(H,16,17). The number of likely N-dealkylation sites (tertiary alicyclic amines) is 1. The molecular weight excluding hydrogens is 234 g/mol. The molecule has 0 spiro atoms. The summed E-state index contributed by atoms with van der Waals surface area (Å²) >= 11 is 0. The molecule has 5 heteroatoms. The van der Waals surface area contributed by atoms with Crippen LogP contribution in [0, 0.1) is 5.92 Å². The molecule has 0 bridgehead atoms. The number of rotatable bonds is 2. The Labute approximate surface area is 107 Å². The molecular formula is C13H21NO4. The average Bonchev–Trinajstić information content (AvgIpc) is 2.37. The highest BCUT2D eigenvalue weighted by Crippen LogP contribution is 2.33. The molecule has 2 atom stereocenters. The fraction of sp³-hybridized carbons (Fsp3) is 0.846. The van der Waals surface area contributed by atoms with E-state index in [1.54, 1.807) is 11.8 Å². The smallest absolute Gasteiger partial charge is 0.345 e. The summed E-state index contributed by atoms with van der Waals surface area (Å²) in [6.45, 7) is 2.20. The van der Waals surface area contributed by atoms with Crippen LogP contribution in [0.1, 0.15) is 45.4 Å². The van der Waals surface area contributed by atoms with Crippen molar-refractivity contribution in [3.63, 3.8) is 0 Å². The van der Waals surface area contributed by atoms with Gasteiger partial charge in [-0.1, -0.05) is 26.2 Å². The largest absolute Gasteiger partial charge is 0.479 e. The van der Waals surface area contributed by atoms with Gasteiger partial charge < -0.3 is 15.1 Å². The van der Waals surface area contributed by atoms with E-state index in [2.05, 4.69) is 0 Å². The predicted octanol–water partition coefficient (Wildman–Crippen LogP) is 1.00. The van der Waals surface area contributed by atoms with Gasteiger partial charge in [0.15, 0.2) is 0 Å². The zero-order valence-electron chi connectivity index (χ0n) is 10.8. The van der Waals surface area contributed by atoms with Gasteiger partial charge in [0.25, 0.3) is 5.91 Å². The molecule has 102 valence electrons. The number of aliphatic carboxylic acids is 1.